The van der Waals surface area contributed by atoms with Crippen molar-refractivity contribution in [2.24, 2.45) is 11.8 Å². The quantitative estimate of drug-likeness (QED) is 0.549. The molecule has 4 heteroatoms. The Morgan fingerprint density at radius 1 is 1.43 bits per heavy atom. The lowest BCUT2D eigenvalue weighted by molar-refractivity contribution is 0.0298. The zero-order valence-corrected chi connectivity index (χ0v) is 13.5. The number of allylic oxidation sites excluding steroid dienone is 1. The maximum atomic E-state index is 10.3. The van der Waals surface area contributed by atoms with E-state index in [1.807, 2.05) is 6.07 Å². The summed E-state index contributed by atoms with van der Waals surface area (Å²) in [5.74, 6) is 1.04. The normalized spacial score (nSPS) is 42.4. The molecular formula is C19H24N2O2. The van der Waals surface area contributed by atoms with Crippen LogP contribution in [0.4, 0.5) is 5.69 Å². The molecule has 5 rings (SSSR count). The highest BCUT2D eigenvalue weighted by Crippen LogP contribution is 2.62. The van der Waals surface area contributed by atoms with Crippen LogP contribution >= 0.6 is 0 Å². The molecule has 1 aromatic carbocycles. The van der Waals surface area contributed by atoms with Crippen molar-refractivity contribution < 1.29 is 10.2 Å². The van der Waals surface area contributed by atoms with Gasteiger partial charge in [0.15, 0.2) is 0 Å². The Bertz CT molecular complexity index is 701. The van der Waals surface area contributed by atoms with Gasteiger partial charge in [-0.05, 0) is 43.9 Å². The van der Waals surface area contributed by atoms with E-state index in [4.69, 9.17) is 0 Å². The van der Waals surface area contributed by atoms with E-state index in [0.717, 1.165) is 31.6 Å². The molecule has 1 spiro atoms. The number of hydrogen-bond donors (Lipinski definition) is 3. The van der Waals surface area contributed by atoms with Crippen LogP contribution in [0.15, 0.2) is 29.8 Å². The lowest BCUT2D eigenvalue weighted by atomic mass is 9.56. The van der Waals surface area contributed by atoms with Crippen molar-refractivity contribution >= 4 is 5.69 Å². The first-order chi connectivity index (χ1) is 11.2. The molecule has 1 saturated carbocycles. The third kappa shape index (κ3) is 1.49. The number of fused-ring (bicyclic) bond motifs is 2. The number of aromatic hydroxyl groups is 1. The summed E-state index contributed by atoms with van der Waals surface area (Å²) in [7, 11) is 0. The van der Waals surface area contributed by atoms with Gasteiger partial charge in [-0.1, -0.05) is 23.8 Å². The highest BCUT2D eigenvalue weighted by atomic mass is 16.3. The Kier molecular flexibility index (Phi) is 2.73. The molecule has 0 amide bonds. The summed E-state index contributed by atoms with van der Waals surface area (Å²) in [6, 6.07) is 6.67. The van der Waals surface area contributed by atoms with Crippen LogP contribution in [0.1, 0.15) is 25.3 Å². The van der Waals surface area contributed by atoms with Gasteiger partial charge in [0.05, 0.1) is 5.69 Å². The molecule has 3 aliphatic heterocycles. The molecule has 0 aromatic heterocycles. The van der Waals surface area contributed by atoms with Crippen molar-refractivity contribution in [3.63, 3.8) is 0 Å². The molecule has 4 nitrogen and oxygen atoms in total. The maximum absolute atomic E-state index is 10.3. The Balaban J connectivity index is 1.72. The van der Waals surface area contributed by atoms with Gasteiger partial charge in [0, 0.05) is 36.6 Å². The smallest absolute Gasteiger partial charge is 0.138 e. The summed E-state index contributed by atoms with van der Waals surface area (Å²) in [5, 5.41) is 24.2. The second kappa shape index (κ2) is 4.52. The number of rotatable bonds is 1. The molecule has 23 heavy (non-hydrogen) atoms. The number of para-hydroxylation sites is 1. The Hall–Kier alpha value is -1.52. The van der Waals surface area contributed by atoms with Crippen molar-refractivity contribution in [2.75, 3.05) is 25.0 Å². The highest BCUT2D eigenvalue weighted by Gasteiger charge is 2.65. The van der Waals surface area contributed by atoms with E-state index in [2.05, 4.69) is 29.3 Å². The highest BCUT2D eigenvalue weighted by molar-refractivity contribution is 5.71. The minimum atomic E-state index is 0.0528. The van der Waals surface area contributed by atoms with Crippen LogP contribution in [0.3, 0.4) is 0 Å². The molecule has 3 fully saturated rings. The third-order valence-corrected chi connectivity index (χ3v) is 7.11. The minimum absolute atomic E-state index is 0.0528. The lowest BCUT2D eigenvalue weighted by Gasteiger charge is -2.54. The van der Waals surface area contributed by atoms with Gasteiger partial charge in [-0.2, -0.15) is 0 Å². The van der Waals surface area contributed by atoms with E-state index in [-0.39, 0.29) is 24.0 Å². The second-order valence-electron chi connectivity index (χ2n) is 7.65. The average molecular weight is 312 g/mol. The van der Waals surface area contributed by atoms with Crippen molar-refractivity contribution in [3.05, 3.63) is 35.4 Å². The first-order valence-electron chi connectivity index (χ1n) is 8.79. The zero-order chi connectivity index (χ0) is 15.8. The fraction of sp³-hybridized carbons (Fsp3) is 0.579. The minimum Gasteiger partial charge on any atom is -0.506 e. The van der Waals surface area contributed by atoms with Gasteiger partial charge in [-0.3, -0.25) is 4.90 Å². The molecule has 5 atom stereocenters. The van der Waals surface area contributed by atoms with Crippen LogP contribution < -0.4 is 5.32 Å². The standard InChI is InChI=1S/C19H24N2O2/c1-2-11-9-21-7-6-19-14-4-3-5-15(23)17(14)20-18(19)13(10-22)12(11)8-16(19)21/h2-5,12-13,16,18,20,22-23H,6-10H2,1H3. The summed E-state index contributed by atoms with van der Waals surface area (Å²) in [6.07, 6.45) is 4.51. The number of phenols is 1. The molecule has 2 saturated heterocycles. The predicted molar refractivity (Wildman–Crippen MR) is 89.6 cm³/mol. The summed E-state index contributed by atoms with van der Waals surface area (Å²) in [4.78, 5) is 2.63. The van der Waals surface area contributed by atoms with E-state index in [9.17, 15) is 10.2 Å². The zero-order valence-electron chi connectivity index (χ0n) is 13.5. The number of piperidine rings is 1. The summed E-state index contributed by atoms with van der Waals surface area (Å²) in [5.41, 5.74) is 3.72. The molecule has 1 aliphatic carbocycles. The van der Waals surface area contributed by atoms with Crippen LogP contribution in [-0.2, 0) is 5.41 Å². The number of phenolic OH excluding ortho intramolecular Hbond substituents is 1. The number of nitrogens with zero attached hydrogens (tertiary/aromatic N) is 1. The van der Waals surface area contributed by atoms with E-state index >= 15 is 0 Å². The molecule has 1 aromatic rings. The largest absolute Gasteiger partial charge is 0.506 e. The van der Waals surface area contributed by atoms with E-state index in [1.165, 1.54) is 11.1 Å². The van der Waals surface area contributed by atoms with Gasteiger partial charge in [0.1, 0.15) is 5.75 Å². The fourth-order valence-corrected chi connectivity index (χ4v) is 6.19. The van der Waals surface area contributed by atoms with Crippen LogP contribution in [-0.4, -0.2) is 46.9 Å². The second-order valence-corrected chi connectivity index (χ2v) is 7.65. The first-order valence-corrected chi connectivity index (χ1v) is 8.79. The van der Waals surface area contributed by atoms with Gasteiger partial charge < -0.3 is 15.5 Å². The first kappa shape index (κ1) is 13.9. The third-order valence-electron chi connectivity index (χ3n) is 7.11. The predicted octanol–water partition coefficient (Wildman–Crippen LogP) is 2.09. The molecule has 2 bridgehead atoms. The SMILES string of the molecule is CC=C1CN2CCC34c5cccc(O)c5NC3C(CO)C1CC24. The van der Waals surface area contributed by atoms with Crippen LogP contribution in [0.2, 0.25) is 0 Å². The Labute approximate surface area is 136 Å². The van der Waals surface area contributed by atoms with Gasteiger partial charge >= 0.3 is 0 Å². The molecular weight excluding hydrogens is 288 g/mol. The van der Waals surface area contributed by atoms with E-state index < -0.39 is 0 Å². The molecule has 3 N–H and O–H groups in total. The van der Waals surface area contributed by atoms with Crippen molar-refractivity contribution in [1.82, 2.24) is 4.90 Å². The Morgan fingerprint density at radius 3 is 3.09 bits per heavy atom. The topological polar surface area (TPSA) is 55.7 Å². The molecule has 5 unspecified atom stereocenters. The van der Waals surface area contributed by atoms with Crippen LogP contribution in [0, 0.1) is 11.8 Å². The van der Waals surface area contributed by atoms with Gasteiger partial charge in [0.25, 0.3) is 0 Å². The van der Waals surface area contributed by atoms with Gasteiger partial charge in [-0.25, -0.2) is 0 Å². The molecule has 0 radical (unpaired) electrons. The average Bonchev–Trinajstić information content (AvgIpc) is 3.12. The van der Waals surface area contributed by atoms with E-state index in [0.29, 0.717) is 17.7 Å². The van der Waals surface area contributed by atoms with Crippen molar-refractivity contribution in [1.29, 1.82) is 0 Å². The monoisotopic (exact) mass is 312 g/mol. The fourth-order valence-electron chi connectivity index (χ4n) is 6.19. The number of hydrogen-bond acceptors (Lipinski definition) is 4. The Morgan fingerprint density at radius 2 is 2.30 bits per heavy atom. The maximum Gasteiger partial charge on any atom is 0.138 e. The number of benzene rings is 1. The summed E-state index contributed by atoms with van der Waals surface area (Å²) in [6.45, 7) is 4.50. The number of anilines is 1. The van der Waals surface area contributed by atoms with Gasteiger partial charge in [0.2, 0.25) is 0 Å². The van der Waals surface area contributed by atoms with Crippen molar-refractivity contribution in [3.8, 4) is 5.75 Å². The number of nitrogens with one attached hydrogen (secondary N) is 1. The van der Waals surface area contributed by atoms with Crippen LogP contribution in [0.25, 0.3) is 0 Å². The van der Waals surface area contributed by atoms with E-state index in [1.54, 1.807) is 6.07 Å². The summed E-state index contributed by atoms with van der Waals surface area (Å²) >= 11 is 0. The molecule has 4 aliphatic rings. The molecule has 3 heterocycles. The molecule has 122 valence electrons. The number of aliphatic hydroxyl groups is 1. The summed E-state index contributed by atoms with van der Waals surface area (Å²) < 4.78 is 0. The van der Waals surface area contributed by atoms with Crippen molar-refractivity contribution in [2.45, 2.75) is 37.3 Å². The number of aliphatic hydroxyl groups excluding tert-OH is 1. The van der Waals surface area contributed by atoms with Gasteiger partial charge in [-0.15, -0.1) is 0 Å². The lowest BCUT2D eigenvalue weighted by Crippen LogP contribution is -2.62. The van der Waals surface area contributed by atoms with Crippen LogP contribution in [0.5, 0.6) is 5.75 Å².